The maximum absolute atomic E-state index is 12.6. The van der Waals surface area contributed by atoms with Crippen molar-refractivity contribution >= 4 is 11.6 Å². The van der Waals surface area contributed by atoms with Gasteiger partial charge in [0.1, 0.15) is 0 Å². The normalized spacial score (nSPS) is 16.1. The highest BCUT2D eigenvalue weighted by atomic mass is 16.5. The minimum absolute atomic E-state index is 0.263. The summed E-state index contributed by atoms with van der Waals surface area (Å²) in [6.07, 6.45) is 24.9. The van der Waals surface area contributed by atoms with Crippen LogP contribution in [0.25, 0.3) is 0 Å². The molecule has 0 aromatic heterocycles. The summed E-state index contributed by atoms with van der Waals surface area (Å²) in [5, 5.41) is 9.88. The predicted molar refractivity (Wildman–Crippen MR) is 178 cm³/mol. The third-order valence-corrected chi connectivity index (χ3v) is 7.78. The molecule has 1 rings (SSSR count). The number of aliphatic hydroxyl groups is 1. The molecule has 232 valence electrons. The van der Waals surface area contributed by atoms with Crippen LogP contribution < -0.4 is 0 Å². The second-order valence-electron chi connectivity index (χ2n) is 12.1. The van der Waals surface area contributed by atoms with Crippen LogP contribution in [0.5, 0.6) is 0 Å². The average molecular weight is 577 g/mol. The summed E-state index contributed by atoms with van der Waals surface area (Å²) in [4.78, 5) is 24.8. The van der Waals surface area contributed by atoms with E-state index in [0.717, 1.165) is 64.2 Å². The number of ether oxygens (including phenoxy) is 1. The first kappa shape index (κ1) is 36.9. The quantitative estimate of drug-likeness (QED) is 0.130. The highest BCUT2D eigenvalue weighted by molar-refractivity contribution is 6.23. The van der Waals surface area contributed by atoms with E-state index in [1.165, 1.54) is 40.5 Å². The summed E-state index contributed by atoms with van der Waals surface area (Å²) in [7, 11) is 1.29. The topological polar surface area (TPSA) is 63.6 Å². The van der Waals surface area contributed by atoms with E-state index in [0.29, 0.717) is 12.0 Å². The molecule has 0 aromatic carbocycles. The number of methoxy groups -OCH3 is 1. The summed E-state index contributed by atoms with van der Waals surface area (Å²) in [5.41, 5.74) is 9.08. The minimum atomic E-state index is -0.600. The Labute approximate surface area is 256 Å². The van der Waals surface area contributed by atoms with E-state index < -0.39 is 17.3 Å². The van der Waals surface area contributed by atoms with Gasteiger partial charge >= 0.3 is 0 Å². The number of aliphatic hydroxyl groups excluding tert-OH is 1. The first-order valence-corrected chi connectivity index (χ1v) is 15.5. The van der Waals surface area contributed by atoms with Gasteiger partial charge in [-0.25, -0.2) is 0 Å². The lowest BCUT2D eigenvalue weighted by molar-refractivity contribution is -0.120. The smallest absolute Gasteiger partial charge is 0.228 e. The average Bonchev–Trinajstić information content (AvgIpc) is 2.92. The van der Waals surface area contributed by atoms with Crippen LogP contribution in [0, 0.1) is 0 Å². The van der Waals surface area contributed by atoms with Crippen molar-refractivity contribution in [3.05, 3.63) is 92.6 Å². The van der Waals surface area contributed by atoms with Gasteiger partial charge in [-0.3, -0.25) is 9.59 Å². The number of carbonyl (C=O) groups is 2. The van der Waals surface area contributed by atoms with Crippen molar-refractivity contribution in [2.24, 2.45) is 0 Å². The molecule has 0 fully saturated rings. The Kier molecular flexibility index (Phi) is 17.5. The van der Waals surface area contributed by atoms with Gasteiger partial charge in [0.25, 0.3) is 0 Å². The van der Waals surface area contributed by atoms with Gasteiger partial charge in [-0.1, -0.05) is 69.9 Å². The van der Waals surface area contributed by atoms with E-state index in [1.807, 2.05) is 13.0 Å². The molecule has 0 aliphatic heterocycles. The highest BCUT2D eigenvalue weighted by Crippen LogP contribution is 2.27. The fourth-order valence-corrected chi connectivity index (χ4v) is 4.83. The van der Waals surface area contributed by atoms with Gasteiger partial charge < -0.3 is 9.84 Å². The van der Waals surface area contributed by atoms with Crippen LogP contribution in [0.1, 0.15) is 126 Å². The number of carbonyl (C=O) groups excluding carboxylic acids is 2. The summed E-state index contributed by atoms with van der Waals surface area (Å²) in [5.74, 6) is -1.81. The predicted octanol–water partition coefficient (Wildman–Crippen LogP) is 10.9. The molecule has 0 saturated heterocycles. The van der Waals surface area contributed by atoms with E-state index in [2.05, 4.69) is 71.9 Å². The molecule has 0 bridgehead atoms. The molecule has 0 spiro atoms. The van der Waals surface area contributed by atoms with Crippen LogP contribution >= 0.6 is 0 Å². The molecule has 0 amide bonds. The number of hydrogen-bond acceptors (Lipinski definition) is 4. The minimum Gasteiger partial charge on any atom is -0.501 e. The van der Waals surface area contributed by atoms with Crippen LogP contribution in [0.4, 0.5) is 0 Å². The zero-order chi connectivity index (χ0) is 31.7. The van der Waals surface area contributed by atoms with Crippen LogP contribution in [0.15, 0.2) is 92.6 Å². The lowest BCUT2D eigenvalue weighted by Crippen LogP contribution is -2.23. The Morgan fingerprint density at radius 3 is 1.31 bits per heavy atom. The Morgan fingerprint density at radius 2 is 0.952 bits per heavy atom. The van der Waals surface area contributed by atoms with Gasteiger partial charge in [-0.2, -0.15) is 0 Å². The Balaban J connectivity index is 2.39. The zero-order valence-electron chi connectivity index (χ0n) is 27.9. The Hall–Kier alpha value is -3.14. The van der Waals surface area contributed by atoms with Crippen molar-refractivity contribution in [2.75, 3.05) is 7.11 Å². The monoisotopic (exact) mass is 576 g/mol. The lowest BCUT2D eigenvalue weighted by Gasteiger charge is -2.17. The molecule has 4 heteroatoms. The maximum Gasteiger partial charge on any atom is 0.228 e. The van der Waals surface area contributed by atoms with E-state index in [4.69, 9.17) is 4.74 Å². The SMILES string of the molecule is COC1=C(O)C(=O)C(C)=C(C/C=C(\C)CC/C=C(\C)CC/C=C(\C)CC/C=C(\C)CC/C=C(\C)CCC=C(C)C)C1=O. The summed E-state index contributed by atoms with van der Waals surface area (Å²) < 4.78 is 4.96. The number of rotatable bonds is 18. The second kappa shape index (κ2) is 19.9. The molecule has 4 nitrogen and oxygen atoms in total. The summed E-state index contributed by atoms with van der Waals surface area (Å²) >= 11 is 0. The largest absolute Gasteiger partial charge is 0.501 e. The van der Waals surface area contributed by atoms with Crippen LogP contribution in [0.3, 0.4) is 0 Å². The Bertz CT molecular complexity index is 1190. The van der Waals surface area contributed by atoms with Crippen LogP contribution in [0.2, 0.25) is 0 Å². The van der Waals surface area contributed by atoms with Crippen molar-refractivity contribution in [3.8, 4) is 0 Å². The van der Waals surface area contributed by atoms with Crippen molar-refractivity contribution in [1.29, 1.82) is 0 Å². The second-order valence-corrected chi connectivity index (χ2v) is 12.1. The molecule has 0 aromatic rings. The molecule has 0 heterocycles. The fourth-order valence-electron chi connectivity index (χ4n) is 4.83. The van der Waals surface area contributed by atoms with Gasteiger partial charge in [-0.15, -0.1) is 0 Å². The molecule has 1 aliphatic rings. The number of hydrogen-bond donors (Lipinski definition) is 1. The molecular formula is C38H56O4. The lowest BCUT2D eigenvalue weighted by atomic mass is 9.90. The molecule has 1 N–H and O–H groups in total. The zero-order valence-corrected chi connectivity index (χ0v) is 27.9. The van der Waals surface area contributed by atoms with Gasteiger partial charge in [0, 0.05) is 11.1 Å². The number of Topliss-reactive ketones (excluding diaryl/α,β-unsaturated/α-hetero) is 2. The first-order chi connectivity index (χ1) is 19.9. The molecule has 0 unspecified atom stereocenters. The molecule has 0 radical (unpaired) electrons. The van der Waals surface area contributed by atoms with E-state index in [9.17, 15) is 14.7 Å². The third kappa shape index (κ3) is 14.2. The van der Waals surface area contributed by atoms with Gasteiger partial charge in [0.05, 0.1) is 7.11 Å². The van der Waals surface area contributed by atoms with Crippen molar-refractivity contribution < 1.29 is 19.4 Å². The van der Waals surface area contributed by atoms with Crippen LogP contribution in [-0.4, -0.2) is 23.8 Å². The summed E-state index contributed by atoms with van der Waals surface area (Å²) in [6, 6.07) is 0. The number of ketones is 2. The molecule has 0 atom stereocenters. The van der Waals surface area contributed by atoms with E-state index in [-0.39, 0.29) is 11.3 Å². The van der Waals surface area contributed by atoms with Crippen molar-refractivity contribution in [2.45, 2.75) is 126 Å². The third-order valence-electron chi connectivity index (χ3n) is 7.78. The summed E-state index contributed by atoms with van der Waals surface area (Å²) in [6.45, 7) is 16.9. The molecule has 0 saturated carbocycles. The van der Waals surface area contributed by atoms with E-state index >= 15 is 0 Å². The molecule has 1 aliphatic carbocycles. The van der Waals surface area contributed by atoms with Crippen molar-refractivity contribution in [1.82, 2.24) is 0 Å². The van der Waals surface area contributed by atoms with E-state index in [1.54, 1.807) is 6.92 Å². The molecular weight excluding hydrogens is 520 g/mol. The fraction of sp³-hybridized carbons (Fsp3) is 0.526. The first-order valence-electron chi connectivity index (χ1n) is 15.5. The van der Waals surface area contributed by atoms with Gasteiger partial charge in [0.2, 0.25) is 23.1 Å². The van der Waals surface area contributed by atoms with Gasteiger partial charge in [-0.05, 0) is 126 Å². The van der Waals surface area contributed by atoms with Gasteiger partial charge in [0.15, 0.2) is 0 Å². The molecule has 42 heavy (non-hydrogen) atoms. The van der Waals surface area contributed by atoms with Crippen LogP contribution in [-0.2, 0) is 14.3 Å². The maximum atomic E-state index is 12.6. The highest BCUT2D eigenvalue weighted by Gasteiger charge is 2.32. The standard InChI is InChI=1S/C38H56O4/c1-27(2)15-10-16-28(3)17-11-18-29(4)19-12-20-30(5)21-13-22-31(6)23-14-24-32(7)25-26-34-33(8)35(39)37(41)38(42-9)36(34)40/h15,17,19,21,23,25,41H,10-14,16,18,20,22,24,26H2,1-9H3/b28-17+,29-19+,30-21+,31-23+,32-25+. The number of allylic oxidation sites excluding steroid dienone is 14. The van der Waals surface area contributed by atoms with Crippen molar-refractivity contribution in [3.63, 3.8) is 0 Å². The Morgan fingerprint density at radius 1 is 0.595 bits per heavy atom.